The third-order valence-electron chi connectivity index (χ3n) is 2.46. The highest BCUT2D eigenvalue weighted by Crippen LogP contribution is 2.16. The van der Waals surface area contributed by atoms with Crippen LogP contribution in [0.3, 0.4) is 0 Å². The predicted octanol–water partition coefficient (Wildman–Crippen LogP) is 3.60. The molecule has 0 saturated carbocycles. The summed E-state index contributed by atoms with van der Waals surface area (Å²) in [5.74, 6) is -0.263. The van der Waals surface area contributed by atoms with E-state index in [9.17, 15) is 4.79 Å². The second kappa shape index (κ2) is 5.99. The van der Waals surface area contributed by atoms with Crippen LogP contribution < -0.4 is 5.32 Å². The van der Waals surface area contributed by atoms with Gasteiger partial charge in [-0.25, -0.2) is 9.97 Å². The summed E-state index contributed by atoms with van der Waals surface area (Å²) >= 11 is 11.6. The molecule has 1 N–H and O–H groups in total. The zero-order valence-electron chi connectivity index (χ0n) is 10.2. The largest absolute Gasteiger partial charge is 0.322 e. The second-order valence-corrected chi connectivity index (χ2v) is 4.62. The van der Waals surface area contributed by atoms with Gasteiger partial charge in [-0.3, -0.25) is 4.79 Å². The Hall–Kier alpha value is -1.65. The first-order valence-electron chi connectivity index (χ1n) is 5.68. The number of amides is 1. The number of pyridine rings is 2. The third kappa shape index (κ3) is 3.66. The Morgan fingerprint density at radius 2 is 2.05 bits per heavy atom. The summed E-state index contributed by atoms with van der Waals surface area (Å²) in [4.78, 5) is 20.0. The van der Waals surface area contributed by atoms with Gasteiger partial charge >= 0.3 is 0 Å². The number of anilines is 1. The van der Waals surface area contributed by atoms with Gasteiger partial charge in [0.2, 0.25) is 0 Å². The van der Waals surface area contributed by atoms with E-state index in [2.05, 4.69) is 15.3 Å². The van der Waals surface area contributed by atoms with Gasteiger partial charge in [-0.15, -0.1) is 0 Å². The quantitative estimate of drug-likeness (QED) is 0.880. The fourth-order valence-corrected chi connectivity index (χ4v) is 1.95. The number of hydrogen-bond acceptors (Lipinski definition) is 3. The predicted molar refractivity (Wildman–Crippen MR) is 75.8 cm³/mol. The van der Waals surface area contributed by atoms with E-state index in [1.807, 2.05) is 6.92 Å². The van der Waals surface area contributed by atoms with Crippen LogP contribution in [0.1, 0.15) is 23.0 Å². The SMILES string of the molecule is CCc1cc(C(=O)Nc2ccnc(Cl)c2)cc(Cl)n1. The van der Waals surface area contributed by atoms with Crippen molar-refractivity contribution in [2.75, 3.05) is 5.32 Å². The lowest BCUT2D eigenvalue weighted by Gasteiger charge is -2.07. The van der Waals surface area contributed by atoms with Crippen LogP contribution in [0, 0.1) is 0 Å². The number of hydrogen-bond donors (Lipinski definition) is 1. The van der Waals surface area contributed by atoms with Crippen molar-refractivity contribution in [1.82, 2.24) is 9.97 Å². The van der Waals surface area contributed by atoms with Gasteiger partial charge < -0.3 is 5.32 Å². The van der Waals surface area contributed by atoms with Crippen molar-refractivity contribution in [2.45, 2.75) is 13.3 Å². The number of aromatic nitrogens is 2. The monoisotopic (exact) mass is 295 g/mol. The van der Waals surface area contributed by atoms with Crippen molar-refractivity contribution in [1.29, 1.82) is 0 Å². The topological polar surface area (TPSA) is 54.9 Å². The van der Waals surface area contributed by atoms with E-state index >= 15 is 0 Å². The van der Waals surface area contributed by atoms with E-state index in [0.29, 0.717) is 28.0 Å². The molecule has 0 unspecified atom stereocenters. The molecule has 98 valence electrons. The summed E-state index contributed by atoms with van der Waals surface area (Å²) in [6.45, 7) is 1.95. The summed E-state index contributed by atoms with van der Waals surface area (Å²) in [6.07, 6.45) is 2.23. The molecule has 2 heterocycles. The third-order valence-corrected chi connectivity index (χ3v) is 2.86. The molecular formula is C13H11Cl2N3O. The molecule has 6 heteroatoms. The zero-order chi connectivity index (χ0) is 13.8. The molecule has 0 aliphatic carbocycles. The first-order chi connectivity index (χ1) is 9.08. The number of aryl methyl sites for hydroxylation is 1. The highest BCUT2D eigenvalue weighted by molar-refractivity contribution is 6.30. The summed E-state index contributed by atoms with van der Waals surface area (Å²) in [5, 5.41) is 3.35. The summed E-state index contributed by atoms with van der Waals surface area (Å²) in [5.41, 5.74) is 1.81. The van der Waals surface area contributed by atoms with Gasteiger partial charge in [0, 0.05) is 23.1 Å². The lowest BCUT2D eigenvalue weighted by molar-refractivity contribution is 0.102. The molecular weight excluding hydrogens is 285 g/mol. The minimum atomic E-state index is -0.263. The molecule has 0 bridgehead atoms. The van der Waals surface area contributed by atoms with E-state index in [1.54, 1.807) is 18.2 Å². The van der Waals surface area contributed by atoms with Gasteiger partial charge in [-0.2, -0.15) is 0 Å². The molecule has 0 aliphatic rings. The summed E-state index contributed by atoms with van der Waals surface area (Å²) in [6, 6.07) is 6.47. The van der Waals surface area contributed by atoms with Gasteiger partial charge in [0.05, 0.1) is 0 Å². The molecule has 0 atom stereocenters. The van der Waals surface area contributed by atoms with E-state index in [1.165, 1.54) is 12.3 Å². The molecule has 2 aromatic rings. The highest BCUT2D eigenvalue weighted by atomic mass is 35.5. The number of carbonyl (C=O) groups excluding carboxylic acids is 1. The maximum Gasteiger partial charge on any atom is 0.255 e. The normalized spacial score (nSPS) is 10.3. The fraction of sp³-hybridized carbons (Fsp3) is 0.154. The first kappa shape index (κ1) is 13.8. The summed E-state index contributed by atoms with van der Waals surface area (Å²) < 4.78 is 0. The van der Waals surface area contributed by atoms with Crippen LogP contribution in [0.15, 0.2) is 30.5 Å². The Labute approximate surface area is 120 Å². The Kier molecular flexibility index (Phi) is 4.35. The first-order valence-corrected chi connectivity index (χ1v) is 6.43. The lowest BCUT2D eigenvalue weighted by atomic mass is 10.2. The van der Waals surface area contributed by atoms with E-state index < -0.39 is 0 Å². The van der Waals surface area contributed by atoms with Gasteiger partial charge in [0.15, 0.2) is 0 Å². The number of nitrogens with one attached hydrogen (secondary N) is 1. The maximum absolute atomic E-state index is 12.1. The van der Waals surface area contributed by atoms with Crippen molar-refractivity contribution in [3.05, 3.63) is 52.0 Å². The highest BCUT2D eigenvalue weighted by Gasteiger charge is 2.09. The molecule has 0 spiro atoms. The Morgan fingerprint density at radius 1 is 1.26 bits per heavy atom. The molecule has 4 nitrogen and oxygen atoms in total. The standard InChI is InChI=1S/C13H11Cl2N3O/c1-2-9-5-8(6-12(15)17-9)13(19)18-10-3-4-16-11(14)7-10/h3-7H,2H2,1H3,(H,16,18,19). The molecule has 0 aromatic carbocycles. The van der Waals surface area contributed by atoms with E-state index in [-0.39, 0.29) is 5.91 Å². The molecule has 0 fully saturated rings. The number of carbonyl (C=O) groups is 1. The van der Waals surface area contributed by atoms with Gasteiger partial charge in [-0.1, -0.05) is 30.1 Å². The minimum absolute atomic E-state index is 0.263. The van der Waals surface area contributed by atoms with Crippen LogP contribution in [-0.4, -0.2) is 15.9 Å². The lowest BCUT2D eigenvalue weighted by Crippen LogP contribution is -2.12. The van der Waals surface area contributed by atoms with Crippen molar-refractivity contribution >= 4 is 34.8 Å². The average Bonchev–Trinajstić information content (AvgIpc) is 2.38. The summed E-state index contributed by atoms with van der Waals surface area (Å²) in [7, 11) is 0. The molecule has 0 aliphatic heterocycles. The zero-order valence-corrected chi connectivity index (χ0v) is 11.7. The van der Waals surface area contributed by atoms with Crippen LogP contribution in [0.2, 0.25) is 10.3 Å². The van der Waals surface area contributed by atoms with Crippen molar-refractivity contribution in [2.24, 2.45) is 0 Å². The second-order valence-electron chi connectivity index (χ2n) is 3.84. The molecule has 2 rings (SSSR count). The van der Waals surface area contributed by atoms with Crippen LogP contribution in [-0.2, 0) is 6.42 Å². The van der Waals surface area contributed by atoms with Crippen LogP contribution in [0.4, 0.5) is 5.69 Å². The Bertz CT molecular complexity index is 617. The average molecular weight is 296 g/mol. The number of nitrogens with zero attached hydrogens (tertiary/aromatic N) is 2. The molecule has 1 amide bonds. The van der Waals surface area contributed by atoms with E-state index in [4.69, 9.17) is 23.2 Å². The van der Waals surface area contributed by atoms with Gasteiger partial charge in [0.1, 0.15) is 10.3 Å². The number of halogens is 2. The van der Waals surface area contributed by atoms with Crippen molar-refractivity contribution < 1.29 is 4.79 Å². The fourth-order valence-electron chi connectivity index (χ4n) is 1.55. The molecule has 2 aromatic heterocycles. The number of rotatable bonds is 3. The maximum atomic E-state index is 12.1. The smallest absolute Gasteiger partial charge is 0.255 e. The van der Waals surface area contributed by atoms with E-state index in [0.717, 1.165) is 5.69 Å². The van der Waals surface area contributed by atoms with Crippen molar-refractivity contribution in [3.63, 3.8) is 0 Å². The minimum Gasteiger partial charge on any atom is -0.322 e. The van der Waals surface area contributed by atoms with Crippen LogP contribution in [0.5, 0.6) is 0 Å². The Balaban J connectivity index is 2.22. The Morgan fingerprint density at radius 3 is 2.74 bits per heavy atom. The van der Waals surface area contributed by atoms with Gasteiger partial charge in [-0.05, 0) is 30.7 Å². The van der Waals surface area contributed by atoms with Crippen molar-refractivity contribution in [3.8, 4) is 0 Å². The van der Waals surface area contributed by atoms with Crippen LogP contribution >= 0.6 is 23.2 Å². The van der Waals surface area contributed by atoms with Crippen LogP contribution in [0.25, 0.3) is 0 Å². The molecule has 0 saturated heterocycles. The molecule has 19 heavy (non-hydrogen) atoms. The molecule has 0 radical (unpaired) electrons. The van der Waals surface area contributed by atoms with Gasteiger partial charge in [0.25, 0.3) is 5.91 Å².